The molecular formula is C15H20N6O2. The first-order valence-corrected chi connectivity index (χ1v) is 8.24. The highest BCUT2D eigenvalue weighted by Gasteiger charge is 2.29. The standard InChI is InChI=1S/C15H20N6O2/c22-14(6-5-13-18-15(19-23-13)11-3-4-11)20-7-1-2-12(8-20)21-10-16-9-17-21/h9-12H,1-8H2/t12-/m1/s1. The summed E-state index contributed by atoms with van der Waals surface area (Å²) in [5, 5.41) is 8.17. The van der Waals surface area contributed by atoms with E-state index in [9.17, 15) is 4.79 Å². The van der Waals surface area contributed by atoms with Crippen LogP contribution in [0.15, 0.2) is 17.2 Å². The molecule has 0 bridgehead atoms. The van der Waals surface area contributed by atoms with Crippen molar-refractivity contribution in [2.45, 2.75) is 50.5 Å². The Morgan fingerprint density at radius 1 is 1.35 bits per heavy atom. The third kappa shape index (κ3) is 3.25. The highest BCUT2D eigenvalue weighted by atomic mass is 16.5. The van der Waals surface area contributed by atoms with Gasteiger partial charge in [-0.15, -0.1) is 0 Å². The lowest BCUT2D eigenvalue weighted by atomic mass is 10.1. The highest BCUT2D eigenvalue weighted by molar-refractivity contribution is 5.76. The Morgan fingerprint density at radius 3 is 3.04 bits per heavy atom. The number of amides is 1. The van der Waals surface area contributed by atoms with Gasteiger partial charge in [0.2, 0.25) is 11.8 Å². The van der Waals surface area contributed by atoms with Gasteiger partial charge in [0.15, 0.2) is 5.82 Å². The monoisotopic (exact) mass is 316 g/mol. The number of rotatable bonds is 5. The molecule has 0 aromatic carbocycles. The summed E-state index contributed by atoms with van der Waals surface area (Å²) in [6.45, 7) is 1.50. The molecule has 122 valence electrons. The van der Waals surface area contributed by atoms with E-state index < -0.39 is 0 Å². The summed E-state index contributed by atoms with van der Waals surface area (Å²) in [5.74, 6) is 2.00. The van der Waals surface area contributed by atoms with Crippen LogP contribution in [0.1, 0.15) is 55.8 Å². The van der Waals surface area contributed by atoms with Crippen molar-refractivity contribution in [2.75, 3.05) is 13.1 Å². The predicted octanol–water partition coefficient (Wildman–Crippen LogP) is 1.33. The minimum atomic E-state index is 0.140. The second-order valence-corrected chi connectivity index (χ2v) is 6.33. The maximum atomic E-state index is 12.4. The molecule has 1 saturated heterocycles. The van der Waals surface area contributed by atoms with Crippen LogP contribution in [-0.4, -0.2) is 48.8 Å². The molecule has 1 aliphatic heterocycles. The van der Waals surface area contributed by atoms with Gasteiger partial charge in [0, 0.05) is 31.8 Å². The third-order valence-corrected chi connectivity index (χ3v) is 4.54. The zero-order chi connectivity index (χ0) is 15.6. The van der Waals surface area contributed by atoms with Gasteiger partial charge in [-0.1, -0.05) is 5.16 Å². The van der Waals surface area contributed by atoms with Crippen LogP contribution in [0.4, 0.5) is 0 Å². The summed E-state index contributed by atoms with van der Waals surface area (Å²) in [4.78, 5) is 22.7. The molecule has 0 radical (unpaired) electrons. The lowest BCUT2D eigenvalue weighted by Gasteiger charge is -2.32. The predicted molar refractivity (Wildman–Crippen MR) is 79.5 cm³/mol. The summed E-state index contributed by atoms with van der Waals surface area (Å²) in [6.07, 6.45) is 8.50. The SMILES string of the molecule is O=C(CCc1nc(C2CC2)no1)N1CCC[C@@H](n2cncn2)C1. The Morgan fingerprint density at radius 2 is 2.26 bits per heavy atom. The quantitative estimate of drug-likeness (QED) is 0.826. The van der Waals surface area contributed by atoms with E-state index in [1.54, 1.807) is 6.33 Å². The van der Waals surface area contributed by atoms with E-state index in [0.29, 0.717) is 31.2 Å². The van der Waals surface area contributed by atoms with Crippen molar-refractivity contribution < 1.29 is 9.32 Å². The molecule has 0 spiro atoms. The number of nitrogens with zero attached hydrogens (tertiary/aromatic N) is 6. The van der Waals surface area contributed by atoms with Crippen LogP contribution >= 0.6 is 0 Å². The van der Waals surface area contributed by atoms with Gasteiger partial charge in [-0.05, 0) is 25.7 Å². The van der Waals surface area contributed by atoms with Crippen molar-refractivity contribution in [2.24, 2.45) is 0 Å². The maximum absolute atomic E-state index is 12.4. The van der Waals surface area contributed by atoms with E-state index >= 15 is 0 Å². The summed E-state index contributed by atoms with van der Waals surface area (Å²) in [7, 11) is 0. The van der Waals surface area contributed by atoms with E-state index in [2.05, 4.69) is 20.2 Å². The van der Waals surface area contributed by atoms with Crippen LogP contribution < -0.4 is 0 Å². The van der Waals surface area contributed by atoms with Crippen LogP contribution in [-0.2, 0) is 11.2 Å². The lowest BCUT2D eigenvalue weighted by Crippen LogP contribution is -2.40. The van der Waals surface area contributed by atoms with Crippen LogP contribution in [0, 0.1) is 0 Å². The molecule has 0 unspecified atom stereocenters. The molecule has 1 atom stereocenters. The Hall–Kier alpha value is -2.25. The van der Waals surface area contributed by atoms with Gasteiger partial charge in [0.05, 0.1) is 6.04 Å². The number of hydrogen-bond donors (Lipinski definition) is 0. The zero-order valence-corrected chi connectivity index (χ0v) is 13.0. The van der Waals surface area contributed by atoms with E-state index in [1.165, 1.54) is 6.33 Å². The Labute approximate surface area is 133 Å². The number of carbonyl (C=O) groups excluding carboxylic acids is 1. The Kier molecular flexibility index (Phi) is 3.80. The van der Waals surface area contributed by atoms with Gasteiger partial charge in [0.25, 0.3) is 0 Å². The van der Waals surface area contributed by atoms with Crippen molar-refractivity contribution in [1.29, 1.82) is 0 Å². The van der Waals surface area contributed by atoms with Crippen LogP contribution in [0.25, 0.3) is 0 Å². The van der Waals surface area contributed by atoms with Gasteiger partial charge in [0.1, 0.15) is 12.7 Å². The van der Waals surface area contributed by atoms with Crippen LogP contribution in [0.5, 0.6) is 0 Å². The first-order valence-electron chi connectivity index (χ1n) is 8.24. The fraction of sp³-hybridized carbons (Fsp3) is 0.667. The average molecular weight is 316 g/mol. The molecule has 2 fully saturated rings. The summed E-state index contributed by atoms with van der Waals surface area (Å²) in [5.41, 5.74) is 0. The third-order valence-electron chi connectivity index (χ3n) is 4.54. The Balaban J connectivity index is 1.31. The summed E-state index contributed by atoms with van der Waals surface area (Å²) < 4.78 is 7.08. The largest absolute Gasteiger partial charge is 0.341 e. The number of likely N-dealkylation sites (tertiary alicyclic amines) is 1. The fourth-order valence-electron chi connectivity index (χ4n) is 3.05. The highest BCUT2D eigenvalue weighted by Crippen LogP contribution is 2.38. The molecule has 23 heavy (non-hydrogen) atoms. The lowest BCUT2D eigenvalue weighted by molar-refractivity contribution is -0.133. The normalized spacial score (nSPS) is 21.6. The minimum Gasteiger partial charge on any atom is -0.341 e. The zero-order valence-electron chi connectivity index (χ0n) is 13.0. The maximum Gasteiger partial charge on any atom is 0.227 e. The molecule has 2 aromatic heterocycles. The summed E-state index contributed by atoms with van der Waals surface area (Å²) >= 11 is 0. The number of hydrogen-bond acceptors (Lipinski definition) is 6. The molecule has 1 aliphatic carbocycles. The molecule has 2 aliphatic rings. The molecule has 1 amide bonds. The molecule has 1 saturated carbocycles. The molecule has 3 heterocycles. The molecule has 8 heteroatoms. The first-order chi connectivity index (χ1) is 11.3. The summed E-state index contributed by atoms with van der Waals surface area (Å²) in [6, 6.07) is 0.222. The second-order valence-electron chi connectivity index (χ2n) is 6.33. The van der Waals surface area contributed by atoms with Crippen molar-refractivity contribution in [3.05, 3.63) is 24.4 Å². The van der Waals surface area contributed by atoms with Crippen molar-refractivity contribution in [3.63, 3.8) is 0 Å². The number of piperidine rings is 1. The smallest absolute Gasteiger partial charge is 0.227 e. The second kappa shape index (κ2) is 6.10. The van der Waals surface area contributed by atoms with Crippen molar-refractivity contribution >= 4 is 5.91 Å². The van der Waals surface area contributed by atoms with Gasteiger partial charge in [-0.3, -0.25) is 4.79 Å². The van der Waals surface area contributed by atoms with E-state index in [-0.39, 0.29) is 11.9 Å². The molecular weight excluding hydrogens is 296 g/mol. The molecule has 4 rings (SSSR count). The fourth-order valence-corrected chi connectivity index (χ4v) is 3.05. The van der Waals surface area contributed by atoms with Crippen molar-refractivity contribution in [1.82, 2.24) is 29.8 Å². The number of aromatic nitrogens is 5. The molecule has 8 nitrogen and oxygen atoms in total. The average Bonchev–Trinajstić information content (AvgIpc) is 3.11. The van der Waals surface area contributed by atoms with Gasteiger partial charge >= 0.3 is 0 Å². The van der Waals surface area contributed by atoms with Gasteiger partial charge in [-0.25, -0.2) is 9.67 Å². The number of carbonyl (C=O) groups is 1. The first kappa shape index (κ1) is 14.3. The number of aryl methyl sites for hydroxylation is 1. The van der Waals surface area contributed by atoms with Crippen LogP contribution in [0.3, 0.4) is 0 Å². The molecule has 0 N–H and O–H groups in total. The minimum absolute atomic E-state index is 0.140. The van der Waals surface area contributed by atoms with E-state index in [4.69, 9.17) is 4.52 Å². The van der Waals surface area contributed by atoms with E-state index in [1.807, 2.05) is 9.58 Å². The van der Waals surface area contributed by atoms with Crippen molar-refractivity contribution in [3.8, 4) is 0 Å². The topological polar surface area (TPSA) is 89.9 Å². The van der Waals surface area contributed by atoms with E-state index in [0.717, 1.165) is 38.1 Å². The Bertz CT molecular complexity index is 663. The molecule has 2 aromatic rings. The van der Waals surface area contributed by atoms with Gasteiger partial charge < -0.3 is 9.42 Å². The van der Waals surface area contributed by atoms with Gasteiger partial charge in [-0.2, -0.15) is 10.1 Å². The van der Waals surface area contributed by atoms with Crippen LogP contribution in [0.2, 0.25) is 0 Å².